The SMILES string of the molecule is CCOC(=O)CCCNC(=NC)NCc1cc(OC)c(OC)c(OC)c1.I. The summed E-state index contributed by atoms with van der Waals surface area (Å²) in [5.74, 6) is 2.21. The topological polar surface area (TPSA) is 90.4 Å². The Labute approximate surface area is 178 Å². The first-order valence-electron chi connectivity index (χ1n) is 8.48. The van der Waals surface area contributed by atoms with Gasteiger partial charge in [-0.15, -0.1) is 24.0 Å². The molecule has 1 aromatic rings. The van der Waals surface area contributed by atoms with Gasteiger partial charge in [0.15, 0.2) is 17.5 Å². The molecule has 0 heterocycles. The Morgan fingerprint density at radius 1 is 1.07 bits per heavy atom. The van der Waals surface area contributed by atoms with E-state index in [0.717, 1.165) is 5.56 Å². The highest BCUT2D eigenvalue weighted by Crippen LogP contribution is 2.38. The second-order valence-corrected chi connectivity index (χ2v) is 5.29. The van der Waals surface area contributed by atoms with Crippen molar-refractivity contribution in [1.82, 2.24) is 10.6 Å². The van der Waals surface area contributed by atoms with Crippen LogP contribution in [0.15, 0.2) is 17.1 Å². The van der Waals surface area contributed by atoms with Crippen LogP contribution in [-0.4, -0.2) is 53.5 Å². The molecule has 0 aliphatic heterocycles. The standard InChI is InChI=1S/C18H29N3O5.HI/c1-6-26-16(22)8-7-9-20-18(19-2)21-12-13-10-14(23-3)17(25-5)15(11-13)24-4;/h10-11H,6-9,12H2,1-5H3,(H2,19,20,21);1H. The number of ether oxygens (including phenoxy) is 4. The van der Waals surface area contributed by atoms with Crippen LogP contribution in [0.1, 0.15) is 25.3 Å². The second-order valence-electron chi connectivity index (χ2n) is 5.29. The maximum absolute atomic E-state index is 11.3. The smallest absolute Gasteiger partial charge is 0.305 e. The van der Waals surface area contributed by atoms with Crippen molar-refractivity contribution < 1.29 is 23.7 Å². The minimum absolute atomic E-state index is 0. The lowest BCUT2D eigenvalue weighted by Gasteiger charge is -2.16. The summed E-state index contributed by atoms with van der Waals surface area (Å²) in [6.07, 6.45) is 1.05. The van der Waals surface area contributed by atoms with Crippen molar-refractivity contribution in [3.8, 4) is 17.2 Å². The van der Waals surface area contributed by atoms with Gasteiger partial charge in [0.2, 0.25) is 5.75 Å². The number of benzene rings is 1. The number of carbonyl (C=O) groups excluding carboxylic acids is 1. The van der Waals surface area contributed by atoms with Crippen LogP contribution in [0.25, 0.3) is 0 Å². The van der Waals surface area contributed by atoms with Gasteiger partial charge in [0.05, 0.1) is 27.9 Å². The largest absolute Gasteiger partial charge is 0.493 e. The quantitative estimate of drug-likeness (QED) is 0.169. The first kappa shape index (κ1) is 25.1. The molecule has 27 heavy (non-hydrogen) atoms. The van der Waals surface area contributed by atoms with Crippen LogP contribution >= 0.6 is 24.0 Å². The van der Waals surface area contributed by atoms with Crippen LogP contribution in [0.2, 0.25) is 0 Å². The van der Waals surface area contributed by atoms with Crippen molar-refractivity contribution in [2.24, 2.45) is 4.99 Å². The van der Waals surface area contributed by atoms with Gasteiger partial charge >= 0.3 is 5.97 Å². The third-order valence-electron chi connectivity index (χ3n) is 3.56. The van der Waals surface area contributed by atoms with Gasteiger partial charge < -0.3 is 29.6 Å². The number of nitrogens with zero attached hydrogens (tertiary/aromatic N) is 1. The Hall–Kier alpha value is -1.91. The van der Waals surface area contributed by atoms with Gasteiger partial charge in [-0.3, -0.25) is 9.79 Å². The highest BCUT2D eigenvalue weighted by atomic mass is 127. The van der Waals surface area contributed by atoms with Crippen LogP contribution in [0.3, 0.4) is 0 Å². The fourth-order valence-electron chi connectivity index (χ4n) is 2.32. The summed E-state index contributed by atoms with van der Waals surface area (Å²) in [7, 11) is 6.42. The van der Waals surface area contributed by atoms with E-state index < -0.39 is 0 Å². The molecule has 0 saturated carbocycles. The molecule has 0 aromatic heterocycles. The molecule has 0 fully saturated rings. The molecule has 1 aromatic carbocycles. The van der Waals surface area contributed by atoms with Crippen LogP contribution in [0.4, 0.5) is 0 Å². The molecule has 2 N–H and O–H groups in total. The van der Waals surface area contributed by atoms with E-state index >= 15 is 0 Å². The van der Waals surface area contributed by atoms with Gasteiger partial charge in [-0.2, -0.15) is 0 Å². The molecule has 0 radical (unpaired) electrons. The van der Waals surface area contributed by atoms with E-state index in [1.807, 2.05) is 12.1 Å². The molecular formula is C18H30IN3O5. The predicted molar refractivity (Wildman–Crippen MR) is 116 cm³/mol. The fourth-order valence-corrected chi connectivity index (χ4v) is 2.32. The van der Waals surface area contributed by atoms with E-state index in [0.29, 0.717) is 55.7 Å². The first-order valence-corrected chi connectivity index (χ1v) is 8.48. The highest BCUT2D eigenvalue weighted by Gasteiger charge is 2.13. The van der Waals surface area contributed by atoms with E-state index in [1.54, 1.807) is 35.3 Å². The van der Waals surface area contributed by atoms with Crippen molar-refractivity contribution in [2.45, 2.75) is 26.3 Å². The molecule has 8 nitrogen and oxygen atoms in total. The number of halogens is 1. The number of nitrogens with one attached hydrogen (secondary N) is 2. The number of rotatable bonds is 10. The number of aliphatic imine (C=N–C) groups is 1. The molecule has 0 atom stereocenters. The molecule has 0 unspecified atom stereocenters. The van der Waals surface area contributed by atoms with Crippen LogP contribution < -0.4 is 24.8 Å². The minimum atomic E-state index is -0.185. The molecule has 0 spiro atoms. The number of hydrogen-bond donors (Lipinski definition) is 2. The molecule has 1 rings (SSSR count). The van der Waals surface area contributed by atoms with Crippen molar-refractivity contribution in [1.29, 1.82) is 0 Å². The highest BCUT2D eigenvalue weighted by molar-refractivity contribution is 14.0. The molecule has 9 heteroatoms. The van der Waals surface area contributed by atoms with E-state index in [4.69, 9.17) is 18.9 Å². The van der Waals surface area contributed by atoms with E-state index in [-0.39, 0.29) is 29.9 Å². The average molecular weight is 495 g/mol. The van der Waals surface area contributed by atoms with Crippen molar-refractivity contribution in [3.63, 3.8) is 0 Å². The average Bonchev–Trinajstić information content (AvgIpc) is 2.66. The summed E-state index contributed by atoms with van der Waals surface area (Å²) < 4.78 is 20.9. The third kappa shape index (κ3) is 8.55. The third-order valence-corrected chi connectivity index (χ3v) is 3.56. The molecule has 0 amide bonds. The molecule has 0 aliphatic rings. The van der Waals surface area contributed by atoms with E-state index in [2.05, 4.69) is 15.6 Å². The maximum Gasteiger partial charge on any atom is 0.305 e. The predicted octanol–water partition coefficient (Wildman–Crippen LogP) is 2.34. The normalized spacial score (nSPS) is 10.5. The van der Waals surface area contributed by atoms with Crippen molar-refractivity contribution >= 4 is 35.9 Å². The van der Waals surface area contributed by atoms with Crippen LogP contribution in [0, 0.1) is 0 Å². The van der Waals surface area contributed by atoms with Crippen molar-refractivity contribution in [3.05, 3.63) is 17.7 Å². The molecule has 0 aliphatic carbocycles. The van der Waals surface area contributed by atoms with Gasteiger partial charge in [-0.1, -0.05) is 0 Å². The Kier molecular flexibility index (Phi) is 13.2. The van der Waals surface area contributed by atoms with E-state index in [1.165, 1.54) is 0 Å². The fraction of sp³-hybridized carbons (Fsp3) is 0.556. The van der Waals surface area contributed by atoms with Gasteiger partial charge in [0.1, 0.15) is 0 Å². The van der Waals surface area contributed by atoms with E-state index in [9.17, 15) is 4.79 Å². The number of guanidine groups is 1. The Morgan fingerprint density at radius 3 is 2.19 bits per heavy atom. The summed E-state index contributed by atoms with van der Waals surface area (Å²) in [5, 5.41) is 6.37. The van der Waals surface area contributed by atoms with Gasteiger partial charge in [0, 0.05) is 26.6 Å². The number of hydrogen-bond acceptors (Lipinski definition) is 6. The zero-order valence-electron chi connectivity index (χ0n) is 16.6. The lowest BCUT2D eigenvalue weighted by molar-refractivity contribution is -0.143. The number of methoxy groups -OCH3 is 3. The van der Waals surface area contributed by atoms with Crippen LogP contribution in [0.5, 0.6) is 17.2 Å². The zero-order valence-corrected chi connectivity index (χ0v) is 18.9. The van der Waals surface area contributed by atoms with Gasteiger partial charge in [-0.05, 0) is 31.0 Å². The minimum Gasteiger partial charge on any atom is -0.493 e. The molecule has 154 valence electrons. The summed E-state index contributed by atoms with van der Waals surface area (Å²) in [4.78, 5) is 15.5. The molecule has 0 saturated heterocycles. The second kappa shape index (κ2) is 14.2. The number of esters is 1. The number of carbonyl (C=O) groups is 1. The van der Waals surface area contributed by atoms with Gasteiger partial charge in [-0.25, -0.2) is 0 Å². The first-order chi connectivity index (χ1) is 12.6. The lowest BCUT2D eigenvalue weighted by atomic mass is 10.2. The summed E-state index contributed by atoms with van der Waals surface area (Å²) in [6, 6.07) is 3.75. The Balaban J connectivity index is 0.00000676. The summed E-state index contributed by atoms with van der Waals surface area (Å²) >= 11 is 0. The summed E-state index contributed by atoms with van der Waals surface area (Å²) in [6.45, 7) is 3.34. The van der Waals surface area contributed by atoms with Gasteiger partial charge in [0.25, 0.3) is 0 Å². The molecular weight excluding hydrogens is 465 g/mol. The maximum atomic E-state index is 11.3. The Bertz CT molecular complexity index is 586. The van der Waals surface area contributed by atoms with Crippen molar-refractivity contribution in [2.75, 3.05) is 41.5 Å². The van der Waals surface area contributed by atoms with Crippen LogP contribution in [-0.2, 0) is 16.1 Å². The summed E-state index contributed by atoms with van der Waals surface area (Å²) in [5.41, 5.74) is 0.953. The lowest BCUT2D eigenvalue weighted by Crippen LogP contribution is -2.37. The monoisotopic (exact) mass is 495 g/mol. The zero-order chi connectivity index (χ0) is 19.4. The molecule has 0 bridgehead atoms. The Morgan fingerprint density at radius 2 is 1.70 bits per heavy atom.